The molecule has 1 aromatic carbocycles. The molecule has 0 aliphatic carbocycles. The number of benzene rings is 1. The highest BCUT2D eigenvalue weighted by Crippen LogP contribution is 2.14. The number of amides is 1. The van der Waals surface area contributed by atoms with Crippen LogP contribution in [0, 0.1) is 0 Å². The van der Waals surface area contributed by atoms with Gasteiger partial charge in [0.1, 0.15) is 5.75 Å². The zero-order valence-corrected chi connectivity index (χ0v) is 10.1. The van der Waals surface area contributed by atoms with Crippen LogP contribution < -0.4 is 4.74 Å². The van der Waals surface area contributed by atoms with Gasteiger partial charge in [0.2, 0.25) is 5.91 Å². The molecule has 1 heterocycles. The first-order chi connectivity index (χ1) is 8.29. The fraction of sp³-hybridized carbons (Fsp3) is 0.357. The monoisotopic (exact) mass is 231 g/mol. The summed E-state index contributed by atoms with van der Waals surface area (Å²) >= 11 is 0. The number of hydrogen-bond donors (Lipinski definition) is 0. The molecule has 0 atom stereocenters. The van der Waals surface area contributed by atoms with Gasteiger partial charge in [0.05, 0.1) is 7.11 Å². The Hall–Kier alpha value is -1.77. The van der Waals surface area contributed by atoms with Gasteiger partial charge in [-0.25, -0.2) is 0 Å². The molecule has 0 N–H and O–H groups in total. The Morgan fingerprint density at radius 1 is 1.35 bits per heavy atom. The first-order valence-electron chi connectivity index (χ1n) is 5.90. The van der Waals surface area contributed by atoms with Crippen LogP contribution >= 0.6 is 0 Å². The molecule has 17 heavy (non-hydrogen) atoms. The molecule has 0 saturated carbocycles. The maximum Gasteiger partial charge on any atom is 0.246 e. The summed E-state index contributed by atoms with van der Waals surface area (Å²) in [6.45, 7) is 1.78. The van der Waals surface area contributed by atoms with E-state index in [1.54, 1.807) is 13.2 Å². The Bertz CT molecular complexity index is 420. The van der Waals surface area contributed by atoms with Crippen molar-refractivity contribution < 1.29 is 9.53 Å². The van der Waals surface area contributed by atoms with Crippen molar-refractivity contribution in [2.45, 2.75) is 12.8 Å². The molecule has 1 saturated heterocycles. The number of hydrogen-bond acceptors (Lipinski definition) is 2. The van der Waals surface area contributed by atoms with Crippen LogP contribution in [0.5, 0.6) is 5.75 Å². The van der Waals surface area contributed by atoms with E-state index in [1.165, 1.54) is 0 Å². The summed E-state index contributed by atoms with van der Waals surface area (Å²) in [7, 11) is 1.64. The van der Waals surface area contributed by atoms with Crippen LogP contribution in [0.25, 0.3) is 6.08 Å². The van der Waals surface area contributed by atoms with Gasteiger partial charge < -0.3 is 9.64 Å². The minimum Gasteiger partial charge on any atom is -0.497 e. The molecular weight excluding hydrogens is 214 g/mol. The van der Waals surface area contributed by atoms with E-state index in [9.17, 15) is 4.79 Å². The van der Waals surface area contributed by atoms with Gasteiger partial charge in [-0.2, -0.15) is 0 Å². The molecular formula is C14H17NO2. The molecule has 0 bridgehead atoms. The van der Waals surface area contributed by atoms with Crippen LogP contribution in [0.15, 0.2) is 30.3 Å². The molecule has 90 valence electrons. The highest BCUT2D eigenvalue weighted by atomic mass is 16.5. The molecule has 1 aliphatic heterocycles. The first-order valence-corrected chi connectivity index (χ1v) is 5.90. The van der Waals surface area contributed by atoms with Crippen LogP contribution in [-0.2, 0) is 4.79 Å². The topological polar surface area (TPSA) is 29.5 Å². The maximum atomic E-state index is 11.8. The summed E-state index contributed by atoms with van der Waals surface area (Å²) in [4.78, 5) is 13.7. The van der Waals surface area contributed by atoms with Crippen LogP contribution in [0.2, 0.25) is 0 Å². The van der Waals surface area contributed by atoms with Crippen molar-refractivity contribution in [3.63, 3.8) is 0 Å². The zero-order valence-electron chi connectivity index (χ0n) is 10.1. The maximum absolute atomic E-state index is 11.8. The minimum absolute atomic E-state index is 0.102. The van der Waals surface area contributed by atoms with Crippen LogP contribution in [0.3, 0.4) is 0 Å². The van der Waals surface area contributed by atoms with Gasteiger partial charge >= 0.3 is 0 Å². The Balaban J connectivity index is 2.01. The van der Waals surface area contributed by atoms with Crippen LogP contribution in [0.1, 0.15) is 18.4 Å². The summed E-state index contributed by atoms with van der Waals surface area (Å²) < 4.78 is 5.13. The van der Waals surface area contributed by atoms with E-state index in [-0.39, 0.29) is 5.91 Å². The molecule has 1 aromatic rings. The third-order valence-corrected chi connectivity index (χ3v) is 2.93. The second-order valence-corrected chi connectivity index (χ2v) is 4.14. The van der Waals surface area contributed by atoms with E-state index in [0.717, 1.165) is 37.2 Å². The largest absolute Gasteiger partial charge is 0.497 e. The molecule has 1 fully saturated rings. The van der Waals surface area contributed by atoms with Gasteiger partial charge in [0.25, 0.3) is 0 Å². The van der Waals surface area contributed by atoms with E-state index in [4.69, 9.17) is 4.74 Å². The third kappa shape index (κ3) is 3.09. The van der Waals surface area contributed by atoms with E-state index in [2.05, 4.69) is 0 Å². The Morgan fingerprint density at radius 2 is 2.12 bits per heavy atom. The first kappa shape index (κ1) is 11.7. The number of rotatable bonds is 3. The molecule has 1 aliphatic rings. The van der Waals surface area contributed by atoms with Crippen molar-refractivity contribution in [3.05, 3.63) is 35.9 Å². The number of carbonyl (C=O) groups excluding carboxylic acids is 1. The number of methoxy groups -OCH3 is 1. The lowest BCUT2D eigenvalue weighted by Crippen LogP contribution is -2.25. The zero-order chi connectivity index (χ0) is 12.1. The fourth-order valence-corrected chi connectivity index (χ4v) is 1.96. The lowest BCUT2D eigenvalue weighted by molar-refractivity contribution is -0.124. The molecule has 1 amide bonds. The SMILES string of the molecule is COc1cccc(/C=C\C(=O)N2CCCC2)c1. The summed E-state index contributed by atoms with van der Waals surface area (Å²) in [6.07, 6.45) is 5.72. The second-order valence-electron chi connectivity index (χ2n) is 4.14. The summed E-state index contributed by atoms with van der Waals surface area (Å²) in [6, 6.07) is 7.67. The van der Waals surface area contributed by atoms with Crippen LogP contribution in [-0.4, -0.2) is 31.0 Å². The number of ether oxygens (including phenoxy) is 1. The Labute approximate surface area is 102 Å². The average molecular weight is 231 g/mol. The third-order valence-electron chi connectivity index (χ3n) is 2.93. The molecule has 0 radical (unpaired) electrons. The summed E-state index contributed by atoms with van der Waals surface area (Å²) in [5.74, 6) is 0.908. The lowest BCUT2D eigenvalue weighted by atomic mass is 10.2. The van der Waals surface area contributed by atoms with Gasteiger partial charge in [-0.3, -0.25) is 4.79 Å². The van der Waals surface area contributed by atoms with Crippen LogP contribution in [0.4, 0.5) is 0 Å². The predicted molar refractivity (Wildman–Crippen MR) is 67.8 cm³/mol. The predicted octanol–water partition coefficient (Wildman–Crippen LogP) is 2.33. The standard InChI is InChI=1S/C14H17NO2/c1-17-13-6-4-5-12(11-13)7-8-14(16)15-9-2-3-10-15/h4-8,11H,2-3,9-10H2,1H3/b8-7-. The Morgan fingerprint density at radius 3 is 2.82 bits per heavy atom. The van der Waals surface area contributed by atoms with E-state index >= 15 is 0 Å². The highest BCUT2D eigenvalue weighted by Gasteiger charge is 2.14. The number of likely N-dealkylation sites (tertiary alicyclic amines) is 1. The normalized spacial score (nSPS) is 15.5. The smallest absolute Gasteiger partial charge is 0.246 e. The van der Waals surface area contributed by atoms with Gasteiger partial charge in [-0.05, 0) is 36.6 Å². The molecule has 0 spiro atoms. The summed E-state index contributed by atoms with van der Waals surface area (Å²) in [5.41, 5.74) is 0.983. The molecule has 2 rings (SSSR count). The quantitative estimate of drug-likeness (QED) is 0.747. The van der Waals surface area contributed by atoms with Crippen molar-refractivity contribution in [1.82, 2.24) is 4.90 Å². The molecule has 3 heteroatoms. The number of nitrogens with zero attached hydrogens (tertiary/aromatic N) is 1. The van der Waals surface area contributed by atoms with Gasteiger partial charge in [0.15, 0.2) is 0 Å². The summed E-state index contributed by atoms with van der Waals surface area (Å²) in [5, 5.41) is 0. The highest BCUT2D eigenvalue weighted by molar-refractivity contribution is 5.91. The van der Waals surface area contributed by atoms with E-state index in [0.29, 0.717) is 0 Å². The van der Waals surface area contributed by atoms with Crippen molar-refractivity contribution in [1.29, 1.82) is 0 Å². The number of carbonyl (C=O) groups is 1. The second kappa shape index (κ2) is 5.53. The van der Waals surface area contributed by atoms with Crippen molar-refractivity contribution in [2.24, 2.45) is 0 Å². The lowest BCUT2D eigenvalue weighted by Gasteiger charge is -2.11. The van der Waals surface area contributed by atoms with Gasteiger partial charge in [-0.15, -0.1) is 0 Å². The van der Waals surface area contributed by atoms with Crippen molar-refractivity contribution in [2.75, 3.05) is 20.2 Å². The average Bonchev–Trinajstić information content (AvgIpc) is 2.90. The minimum atomic E-state index is 0.102. The Kier molecular flexibility index (Phi) is 3.81. The van der Waals surface area contributed by atoms with Gasteiger partial charge in [0, 0.05) is 19.2 Å². The van der Waals surface area contributed by atoms with E-state index in [1.807, 2.05) is 35.2 Å². The molecule has 3 nitrogen and oxygen atoms in total. The molecule has 0 unspecified atom stereocenters. The van der Waals surface area contributed by atoms with Crippen molar-refractivity contribution >= 4 is 12.0 Å². The van der Waals surface area contributed by atoms with E-state index < -0.39 is 0 Å². The van der Waals surface area contributed by atoms with Gasteiger partial charge in [-0.1, -0.05) is 12.1 Å². The van der Waals surface area contributed by atoms with Crippen molar-refractivity contribution in [3.8, 4) is 5.75 Å². The fourth-order valence-electron chi connectivity index (χ4n) is 1.96. The molecule has 0 aromatic heterocycles.